The molecule has 1 saturated carbocycles. The van der Waals surface area contributed by atoms with Crippen LogP contribution >= 0.6 is 23.2 Å². The van der Waals surface area contributed by atoms with Crippen LogP contribution in [0.3, 0.4) is 0 Å². The van der Waals surface area contributed by atoms with Crippen molar-refractivity contribution in [3.63, 3.8) is 0 Å². The van der Waals surface area contributed by atoms with E-state index < -0.39 is 0 Å². The van der Waals surface area contributed by atoms with Gasteiger partial charge in [-0.1, -0.05) is 42.5 Å². The molecule has 0 spiro atoms. The summed E-state index contributed by atoms with van der Waals surface area (Å²) in [5.41, 5.74) is 0.422. The van der Waals surface area contributed by atoms with Gasteiger partial charge in [0, 0.05) is 43.7 Å². The number of halogens is 2. The molecule has 0 radical (unpaired) electrons. The quantitative estimate of drug-likeness (QED) is 0.680. The molecule has 31 heavy (non-hydrogen) atoms. The molecule has 0 N–H and O–H groups in total. The van der Waals surface area contributed by atoms with Crippen molar-refractivity contribution in [3.8, 4) is 0 Å². The van der Waals surface area contributed by atoms with E-state index in [4.69, 9.17) is 23.2 Å². The summed E-state index contributed by atoms with van der Waals surface area (Å²) in [6.45, 7) is 2.52. The molecular formula is C23H29Cl2N3O3. The lowest BCUT2D eigenvalue weighted by Crippen LogP contribution is -2.55. The minimum absolute atomic E-state index is 0.0262. The van der Waals surface area contributed by atoms with E-state index in [1.165, 1.54) is 6.42 Å². The standard InChI is InChI=1S/C23H29Cl2N3O3/c24-17-8-9-18(19(25)15-17)22(30)26-11-13-27(14-12-26)23(31)20-7-4-10-28(20)21(29)16-5-2-1-3-6-16/h8-9,15-16,20H,1-7,10-14H2. The van der Waals surface area contributed by atoms with Crippen molar-refractivity contribution in [2.75, 3.05) is 32.7 Å². The molecule has 1 aliphatic carbocycles. The molecule has 168 valence electrons. The molecule has 2 saturated heterocycles. The fourth-order valence-corrected chi connectivity index (χ4v) is 5.53. The highest BCUT2D eigenvalue weighted by Crippen LogP contribution is 2.30. The van der Waals surface area contributed by atoms with E-state index >= 15 is 0 Å². The van der Waals surface area contributed by atoms with Crippen molar-refractivity contribution in [3.05, 3.63) is 33.8 Å². The Balaban J connectivity index is 1.35. The number of benzene rings is 1. The molecule has 0 aromatic heterocycles. The fourth-order valence-electron chi connectivity index (χ4n) is 5.05. The Morgan fingerprint density at radius 2 is 1.45 bits per heavy atom. The molecule has 1 unspecified atom stereocenters. The van der Waals surface area contributed by atoms with Crippen LogP contribution in [-0.4, -0.2) is 71.2 Å². The van der Waals surface area contributed by atoms with Crippen molar-refractivity contribution in [1.82, 2.24) is 14.7 Å². The highest BCUT2D eigenvalue weighted by atomic mass is 35.5. The molecule has 4 rings (SSSR count). The number of likely N-dealkylation sites (tertiary alicyclic amines) is 1. The van der Waals surface area contributed by atoms with Crippen molar-refractivity contribution in [2.24, 2.45) is 5.92 Å². The Bertz CT molecular complexity index is 848. The summed E-state index contributed by atoms with van der Waals surface area (Å²) in [5.74, 6) is 0.129. The zero-order chi connectivity index (χ0) is 22.0. The van der Waals surface area contributed by atoms with E-state index in [-0.39, 0.29) is 29.7 Å². The predicted octanol–water partition coefficient (Wildman–Crippen LogP) is 3.85. The first kappa shape index (κ1) is 22.4. The fraction of sp³-hybridized carbons (Fsp3) is 0.609. The van der Waals surface area contributed by atoms with E-state index in [1.807, 2.05) is 9.80 Å². The number of hydrogen-bond donors (Lipinski definition) is 0. The van der Waals surface area contributed by atoms with Crippen molar-refractivity contribution >= 4 is 40.9 Å². The van der Waals surface area contributed by atoms with Crippen LogP contribution in [0.15, 0.2) is 18.2 Å². The number of amides is 3. The van der Waals surface area contributed by atoms with Gasteiger partial charge in [0.1, 0.15) is 6.04 Å². The highest BCUT2D eigenvalue weighted by molar-refractivity contribution is 6.36. The summed E-state index contributed by atoms with van der Waals surface area (Å²) in [5, 5.41) is 0.819. The second-order valence-electron chi connectivity index (χ2n) is 8.77. The normalized spacial score (nSPS) is 22.6. The van der Waals surface area contributed by atoms with E-state index in [0.717, 1.165) is 38.5 Å². The van der Waals surface area contributed by atoms with Gasteiger partial charge < -0.3 is 14.7 Å². The molecule has 6 nitrogen and oxygen atoms in total. The average molecular weight is 466 g/mol. The second-order valence-corrected chi connectivity index (χ2v) is 9.61. The predicted molar refractivity (Wildman–Crippen MR) is 120 cm³/mol. The molecule has 2 aliphatic heterocycles. The summed E-state index contributed by atoms with van der Waals surface area (Å²) in [6.07, 6.45) is 6.93. The maximum absolute atomic E-state index is 13.2. The van der Waals surface area contributed by atoms with Crippen molar-refractivity contribution < 1.29 is 14.4 Å². The van der Waals surface area contributed by atoms with Crippen LogP contribution in [0, 0.1) is 5.92 Å². The van der Waals surface area contributed by atoms with Gasteiger partial charge in [-0.15, -0.1) is 0 Å². The first-order valence-corrected chi connectivity index (χ1v) is 12.0. The van der Waals surface area contributed by atoms with Crippen molar-refractivity contribution in [1.29, 1.82) is 0 Å². The number of carbonyl (C=O) groups excluding carboxylic acids is 3. The number of carbonyl (C=O) groups is 3. The number of hydrogen-bond acceptors (Lipinski definition) is 3. The van der Waals surface area contributed by atoms with Crippen LogP contribution in [0.2, 0.25) is 10.0 Å². The van der Waals surface area contributed by atoms with Gasteiger partial charge in [-0.25, -0.2) is 0 Å². The first-order chi connectivity index (χ1) is 15.0. The summed E-state index contributed by atoms with van der Waals surface area (Å²) in [7, 11) is 0. The molecule has 1 aromatic rings. The highest BCUT2D eigenvalue weighted by Gasteiger charge is 2.40. The Labute approximate surface area is 193 Å². The summed E-state index contributed by atoms with van der Waals surface area (Å²) < 4.78 is 0. The summed E-state index contributed by atoms with van der Waals surface area (Å²) in [6, 6.07) is 4.51. The van der Waals surface area contributed by atoms with Gasteiger partial charge in [0.05, 0.1) is 10.6 Å². The van der Waals surface area contributed by atoms with E-state index in [1.54, 1.807) is 23.1 Å². The van der Waals surface area contributed by atoms with Gasteiger partial charge in [-0.2, -0.15) is 0 Å². The minimum atomic E-state index is -0.345. The van der Waals surface area contributed by atoms with E-state index in [0.29, 0.717) is 48.3 Å². The molecule has 3 fully saturated rings. The van der Waals surface area contributed by atoms with Crippen LogP contribution < -0.4 is 0 Å². The van der Waals surface area contributed by atoms with Crippen LogP contribution in [0.1, 0.15) is 55.3 Å². The van der Waals surface area contributed by atoms with Gasteiger partial charge in [0.25, 0.3) is 5.91 Å². The van der Waals surface area contributed by atoms with Gasteiger partial charge in [-0.05, 0) is 43.9 Å². The number of piperazine rings is 1. The van der Waals surface area contributed by atoms with Crippen molar-refractivity contribution in [2.45, 2.75) is 51.0 Å². The lowest BCUT2D eigenvalue weighted by Gasteiger charge is -2.38. The zero-order valence-corrected chi connectivity index (χ0v) is 19.2. The Hall–Kier alpha value is -1.79. The van der Waals surface area contributed by atoms with Crippen LogP contribution in [0.4, 0.5) is 0 Å². The number of nitrogens with zero attached hydrogens (tertiary/aromatic N) is 3. The Morgan fingerprint density at radius 3 is 2.13 bits per heavy atom. The number of rotatable bonds is 3. The lowest BCUT2D eigenvalue weighted by molar-refractivity contribution is -0.147. The van der Waals surface area contributed by atoms with Crippen LogP contribution in [0.5, 0.6) is 0 Å². The molecule has 3 aliphatic rings. The van der Waals surface area contributed by atoms with Crippen LogP contribution in [0.25, 0.3) is 0 Å². The average Bonchev–Trinajstić information content (AvgIpc) is 3.28. The van der Waals surface area contributed by atoms with E-state index in [2.05, 4.69) is 0 Å². The summed E-state index contributed by atoms with van der Waals surface area (Å²) >= 11 is 12.1. The van der Waals surface area contributed by atoms with Gasteiger partial charge >= 0.3 is 0 Å². The third-order valence-corrected chi connectivity index (χ3v) is 7.36. The van der Waals surface area contributed by atoms with E-state index in [9.17, 15) is 14.4 Å². The third-order valence-electron chi connectivity index (χ3n) is 6.82. The molecule has 8 heteroatoms. The molecule has 3 amide bonds. The zero-order valence-electron chi connectivity index (χ0n) is 17.7. The second kappa shape index (κ2) is 9.78. The maximum atomic E-state index is 13.2. The monoisotopic (exact) mass is 465 g/mol. The van der Waals surface area contributed by atoms with Gasteiger partial charge in [0.15, 0.2) is 0 Å². The third kappa shape index (κ3) is 4.85. The van der Waals surface area contributed by atoms with Gasteiger partial charge in [0.2, 0.25) is 11.8 Å². The largest absolute Gasteiger partial charge is 0.337 e. The topological polar surface area (TPSA) is 60.9 Å². The first-order valence-electron chi connectivity index (χ1n) is 11.3. The summed E-state index contributed by atoms with van der Waals surface area (Å²) in [4.78, 5) is 44.5. The SMILES string of the molecule is O=C(c1ccc(Cl)cc1Cl)N1CCN(C(=O)C2CCCN2C(=O)C2CCCCC2)CC1. The minimum Gasteiger partial charge on any atom is -0.337 e. The van der Waals surface area contributed by atoms with Crippen LogP contribution in [-0.2, 0) is 9.59 Å². The molecule has 1 atom stereocenters. The molecule has 0 bridgehead atoms. The smallest absolute Gasteiger partial charge is 0.255 e. The van der Waals surface area contributed by atoms with Gasteiger partial charge in [-0.3, -0.25) is 14.4 Å². The Morgan fingerprint density at radius 1 is 0.774 bits per heavy atom. The molecular weight excluding hydrogens is 437 g/mol. The Kier molecular flexibility index (Phi) is 7.07. The lowest BCUT2D eigenvalue weighted by atomic mass is 9.88. The molecule has 1 aromatic carbocycles. The maximum Gasteiger partial charge on any atom is 0.255 e. The molecule has 2 heterocycles.